The summed E-state index contributed by atoms with van der Waals surface area (Å²) in [5.41, 5.74) is 0. The Kier molecular flexibility index (Phi) is 61.4. The Bertz CT molecular complexity index is 685. The van der Waals surface area contributed by atoms with E-state index < -0.39 is 0 Å². The van der Waals surface area contributed by atoms with Gasteiger partial charge in [0, 0.05) is 59.8 Å². The average Bonchev–Trinajstić information content (AvgIpc) is 3.13. The molecule has 0 amide bonds. The van der Waals surface area contributed by atoms with Crippen LogP contribution in [0, 0.1) is 0 Å². The van der Waals surface area contributed by atoms with Gasteiger partial charge in [0.2, 0.25) is 0 Å². The van der Waals surface area contributed by atoms with Crippen LogP contribution in [0.15, 0.2) is 0 Å². The van der Waals surface area contributed by atoms with Crippen LogP contribution in [-0.2, 0) is 28.6 Å². The van der Waals surface area contributed by atoms with Crippen molar-refractivity contribution in [1.29, 1.82) is 0 Å². The summed E-state index contributed by atoms with van der Waals surface area (Å²) in [6.45, 7) is 7.53. The first-order chi connectivity index (χ1) is 24.9. The second-order valence-corrected chi connectivity index (χ2v) is 14.3. The number of unbranched alkanes of at least 4 members (excludes halogenated alkanes) is 24. The molecule has 0 aromatic heterocycles. The maximum atomic E-state index is 11.1. The van der Waals surface area contributed by atoms with Gasteiger partial charge in [0.1, 0.15) is 19.8 Å². The Balaban J connectivity index is -0.000000329. The molecule has 0 atom stereocenters. The first kappa shape index (κ1) is 58.2. The van der Waals surface area contributed by atoms with E-state index in [9.17, 15) is 14.4 Å². The van der Waals surface area contributed by atoms with Gasteiger partial charge in [0.25, 0.3) is 0 Å². The molecule has 0 heterocycles. The van der Waals surface area contributed by atoms with Crippen molar-refractivity contribution in [3.63, 3.8) is 0 Å². The van der Waals surface area contributed by atoms with Crippen molar-refractivity contribution in [3.05, 3.63) is 0 Å². The molecule has 0 unspecified atom stereocenters. The van der Waals surface area contributed by atoms with Gasteiger partial charge in [-0.2, -0.15) is 0 Å². The predicted molar refractivity (Wildman–Crippen MR) is 235 cm³/mol. The first-order valence-electron chi connectivity index (χ1n) is 20.7. The van der Waals surface area contributed by atoms with Gasteiger partial charge in [0.05, 0.1) is 0 Å². The van der Waals surface area contributed by atoms with Crippen molar-refractivity contribution in [2.24, 2.45) is 0 Å². The molecule has 0 aliphatic heterocycles. The summed E-state index contributed by atoms with van der Waals surface area (Å²) in [7, 11) is 0. The quantitative estimate of drug-likeness (QED) is 0.0201. The van der Waals surface area contributed by atoms with Gasteiger partial charge in [0.15, 0.2) is 0 Å². The van der Waals surface area contributed by atoms with Gasteiger partial charge in [-0.3, -0.25) is 14.4 Å². The number of esters is 3. The Morgan fingerprint density at radius 2 is 0.519 bits per heavy atom. The summed E-state index contributed by atoms with van der Waals surface area (Å²) >= 11 is 13.7. The van der Waals surface area contributed by atoms with Gasteiger partial charge in [-0.15, -0.1) is 0 Å². The summed E-state index contributed by atoms with van der Waals surface area (Å²) < 4.78 is 14.6. The van der Waals surface area contributed by atoms with Gasteiger partial charge >= 0.3 is 17.9 Å². The van der Waals surface area contributed by atoms with Gasteiger partial charge in [-0.05, 0) is 19.3 Å². The predicted octanol–water partition coefficient (Wildman–Crippen LogP) is 13.0. The molecule has 0 N–H and O–H groups in total. The number of carbonyl (C=O) groups is 3. The van der Waals surface area contributed by atoms with E-state index in [2.05, 4.69) is 57.4 Å². The molecule has 3 radical (unpaired) electrons. The van der Waals surface area contributed by atoms with Gasteiger partial charge in [-0.1, -0.05) is 212 Å². The van der Waals surface area contributed by atoms with E-state index in [4.69, 9.17) is 14.2 Å². The van der Waals surface area contributed by atoms with E-state index in [1.165, 1.54) is 151 Å². The molecule has 0 aromatic rings. The maximum Gasteiger partial charge on any atom is 0.306 e. The molecule has 0 saturated heterocycles. The van der Waals surface area contributed by atoms with E-state index in [-0.39, 0.29) is 62.2 Å². The Hall–Kier alpha value is -0.502. The minimum atomic E-state index is -0.117. The number of hydrogen-bond acceptors (Lipinski definition) is 9. The summed E-state index contributed by atoms with van der Waals surface area (Å²) in [6, 6.07) is 0. The van der Waals surface area contributed by atoms with Crippen LogP contribution < -0.4 is 0 Å². The molecule has 6 nitrogen and oxygen atoms in total. The summed E-state index contributed by atoms with van der Waals surface area (Å²) in [6.07, 6.45) is 35.8. The number of thiocarbonyl (C=S) groups is 3. The zero-order chi connectivity index (χ0) is 38.3. The third-order valence-electron chi connectivity index (χ3n) is 8.39. The molecule has 305 valence electrons. The zero-order valence-electron chi connectivity index (χ0n) is 33.7. The largest absolute Gasteiger partial charge is 0.461 e. The zero-order valence-corrected chi connectivity index (χ0v) is 38.7. The van der Waals surface area contributed by atoms with Crippen molar-refractivity contribution in [1.82, 2.24) is 0 Å². The standard InChI is InChI=1S/3C14H26O2S.Sb/c3*1-2-3-4-5-6-7-8-9-10-11-14(15)16-12-13-17;/h3*13H,2-12H2,1H3;. The normalized spacial score (nSPS) is 9.98. The second-order valence-electron chi connectivity index (χ2n) is 13.3. The fourth-order valence-electron chi connectivity index (χ4n) is 5.34. The summed E-state index contributed by atoms with van der Waals surface area (Å²) in [5.74, 6) is -0.350. The molecule has 10 heteroatoms. The van der Waals surface area contributed by atoms with E-state index >= 15 is 0 Å². The van der Waals surface area contributed by atoms with Crippen molar-refractivity contribution in [2.75, 3.05) is 19.8 Å². The molecule has 52 heavy (non-hydrogen) atoms. The van der Waals surface area contributed by atoms with Crippen molar-refractivity contribution in [3.8, 4) is 0 Å². The van der Waals surface area contributed by atoms with E-state index in [1.54, 1.807) is 0 Å². The van der Waals surface area contributed by atoms with Gasteiger partial charge in [-0.25, -0.2) is 0 Å². The van der Waals surface area contributed by atoms with Crippen LogP contribution in [0.1, 0.15) is 213 Å². The third-order valence-corrected chi connectivity index (χ3v) is 8.80. The van der Waals surface area contributed by atoms with Crippen LogP contribution in [0.25, 0.3) is 0 Å². The average molecular weight is 897 g/mol. The molecular formula is C42H78O6S3Sb. The third kappa shape index (κ3) is 58.8. The van der Waals surface area contributed by atoms with Crippen molar-refractivity contribution < 1.29 is 28.6 Å². The van der Waals surface area contributed by atoms with Crippen molar-refractivity contribution in [2.45, 2.75) is 213 Å². The van der Waals surface area contributed by atoms with Gasteiger partial charge < -0.3 is 14.2 Å². The Morgan fingerprint density at radius 3 is 0.692 bits per heavy atom. The molecule has 0 spiro atoms. The van der Waals surface area contributed by atoms with Crippen LogP contribution in [0.4, 0.5) is 0 Å². The molecular weight excluding hydrogens is 818 g/mol. The smallest absolute Gasteiger partial charge is 0.306 e. The minimum absolute atomic E-state index is 0. The van der Waals surface area contributed by atoms with Crippen LogP contribution in [-0.4, -0.2) is 78.3 Å². The summed E-state index contributed by atoms with van der Waals surface area (Å²) in [4.78, 5) is 33.4. The minimum Gasteiger partial charge on any atom is -0.461 e. The summed E-state index contributed by atoms with van der Waals surface area (Å²) in [5, 5.41) is 4.32. The van der Waals surface area contributed by atoms with E-state index in [0.29, 0.717) is 19.3 Å². The number of rotatable bonds is 36. The molecule has 0 aliphatic rings. The Labute approximate surface area is 354 Å². The number of ether oxygens (including phenoxy) is 3. The van der Waals surface area contributed by atoms with Crippen LogP contribution >= 0.6 is 36.7 Å². The van der Waals surface area contributed by atoms with Crippen LogP contribution in [0.3, 0.4) is 0 Å². The van der Waals surface area contributed by atoms with Crippen LogP contribution in [0.5, 0.6) is 0 Å². The van der Waals surface area contributed by atoms with E-state index in [1.807, 2.05) is 0 Å². The molecule has 0 fully saturated rings. The van der Waals surface area contributed by atoms with Crippen LogP contribution in [0.2, 0.25) is 0 Å². The Morgan fingerprint density at radius 1 is 0.346 bits per heavy atom. The fraction of sp³-hybridized carbons (Fsp3) is 0.857. The second kappa shape index (κ2) is 54.8. The monoisotopic (exact) mass is 895 g/mol. The molecule has 0 rings (SSSR count). The molecule has 0 bridgehead atoms. The fourth-order valence-corrected chi connectivity index (χ4v) is 5.54. The van der Waals surface area contributed by atoms with Crippen molar-refractivity contribution >= 4 is 95.1 Å². The van der Waals surface area contributed by atoms with E-state index in [0.717, 1.165) is 38.5 Å². The number of carbonyl (C=O) groups excluding carboxylic acids is 3. The first-order valence-corrected chi connectivity index (χ1v) is 22.1. The maximum absolute atomic E-state index is 11.1. The SMILES string of the molecule is CCCCCCCCCCCC(=O)OCC=S.CCCCCCCCCCCC(=O)OCC=S.CCCCCCCCCCCC(=O)OCC=S.[Sb]. The molecule has 0 aromatic carbocycles. The molecule has 0 aliphatic carbocycles. The molecule has 0 saturated carbocycles. The number of hydrogen-bond donors (Lipinski definition) is 0. The topological polar surface area (TPSA) is 78.9 Å².